The van der Waals surface area contributed by atoms with Crippen LogP contribution >= 0.6 is 0 Å². The molecule has 3 heterocycles. The Hall–Kier alpha value is -2.27. The summed E-state index contributed by atoms with van der Waals surface area (Å²) in [6, 6.07) is 0. The van der Waals surface area contributed by atoms with E-state index in [9.17, 15) is 19.2 Å². The maximum atomic E-state index is 10.8. The van der Waals surface area contributed by atoms with Crippen molar-refractivity contribution >= 4 is 29.3 Å². The maximum Gasteiger partial charge on any atom is 0.427 e. The van der Waals surface area contributed by atoms with Gasteiger partial charge in [0.25, 0.3) is 0 Å². The van der Waals surface area contributed by atoms with Gasteiger partial charge in [0.1, 0.15) is 25.3 Å². The van der Waals surface area contributed by atoms with Crippen molar-refractivity contribution in [1.29, 1.82) is 0 Å². The van der Waals surface area contributed by atoms with Crippen LogP contribution in [0.25, 0.3) is 0 Å². The first-order valence-electron chi connectivity index (χ1n) is 12.0. The van der Waals surface area contributed by atoms with Crippen LogP contribution in [0.15, 0.2) is 38.5 Å². The molecule has 0 aromatic carbocycles. The molecule has 3 aromatic heterocycles. The molecule has 0 aliphatic carbocycles. The fourth-order valence-corrected chi connectivity index (χ4v) is 1.94. The Morgan fingerprint density at radius 1 is 0.955 bits per heavy atom. The van der Waals surface area contributed by atoms with E-state index in [1.807, 2.05) is 27.7 Å². The number of rotatable bonds is 6. The van der Waals surface area contributed by atoms with Crippen LogP contribution in [0.3, 0.4) is 0 Å². The van der Waals surface area contributed by atoms with E-state index in [0.717, 1.165) is 11.2 Å². The number of aryl methyl sites for hydroxylation is 3. The standard InChI is InChI=1S/C6H13N3O2.C5H8N3O.2C4H7N3O.C2H7N.CH3.2B.2Y/c1-4-11-6(10)8-7-5-9(2)3;1-3-8-4-6-7(2)5(8)9;2*1-2-7-3-5-6-4(7)8;1-2-3;;;;;/h5H,4H2,1-3H3,(H,8,10);4H,2-3H2,1H3;2*3H,2H2,1H3,(H,6,8);2-3H2,1H3;1H3;;;;/q;-1;;;;-1;;;;/b7-5+;;;;;;;;;. The number of nitrogens with zero attached hydrogens (tertiary/aromatic N) is 9. The van der Waals surface area contributed by atoms with E-state index in [0.29, 0.717) is 26.2 Å². The summed E-state index contributed by atoms with van der Waals surface area (Å²) in [4.78, 5) is 44.1. The van der Waals surface area contributed by atoms with E-state index < -0.39 is 6.09 Å². The van der Waals surface area contributed by atoms with Crippen molar-refractivity contribution < 1.29 is 74.9 Å². The van der Waals surface area contributed by atoms with Crippen LogP contribution in [0.1, 0.15) is 34.6 Å². The predicted octanol–water partition coefficient (Wildman–Crippen LogP) is -1.23. The van der Waals surface area contributed by atoms with Crippen molar-refractivity contribution in [3.05, 3.63) is 64.9 Å². The number of hydrogen-bond acceptors (Lipinski definition) is 10. The number of ether oxygens (including phenoxy) is 1. The molecular weight excluding hydrogens is 726 g/mol. The molecule has 18 nitrogen and oxygen atoms in total. The summed E-state index contributed by atoms with van der Waals surface area (Å²) in [5.74, 6) is 0. The summed E-state index contributed by atoms with van der Waals surface area (Å²) in [5, 5.41) is 18.8. The quantitative estimate of drug-likeness (QED) is 0.0769. The molecule has 0 aliphatic heterocycles. The second-order valence-electron chi connectivity index (χ2n) is 7.04. The first kappa shape index (κ1) is 57.4. The monoisotopic (exact) mass is 771 g/mol. The van der Waals surface area contributed by atoms with Gasteiger partial charge in [-0.1, -0.05) is 6.92 Å². The third-order valence-electron chi connectivity index (χ3n) is 3.78. The molecule has 0 fully saturated rings. The van der Waals surface area contributed by atoms with Crippen LogP contribution in [0.2, 0.25) is 0 Å². The average Bonchev–Trinajstić information content (AvgIpc) is 3.60. The molecule has 0 aliphatic rings. The van der Waals surface area contributed by atoms with Gasteiger partial charge < -0.3 is 36.8 Å². The number of nitrogens with one attached hydrogen (secondary N) is 3. The van der Waals surface area contributed by atoms with Gasteiger partial charge in [-0.05, 0) is 34.2 Å². The van der Waals surface area contributed by atoms with E-state index in [-0.39, 0.29) is 107 Å². The average molecular weight is 771 g/mol. The van der Waals surface area contributed by atoms with Gasteiger partial charge in [-0.2, -0.15) is 27.4 Å². The zero-order valence-corrected chi connectivity index (χ0v) is 32.7. The fraction of sp³-hybridized carbons (Fsp3) is 0.545. The van der Waals surface area contributed by atoms with Gasteiger partial charge in [0.15, 0.2) is 5.69 Å². The number of hydrogen-bond donors (Lipinski definition) is 4. The number of aromatic nitrogens is 9. The number of hydrazone groups is 1. The number of amides is 1. The molecule has 0 saturated heterocycles. The number of aromatic amines is 2. The van der Waals surface area contributed by atoms with E-state index in [1.165, 1.54) is 39.0 Å². The zero-order valence-electron chi connectivity index (χ0n) is 27.0. The summed E-state index contributed by atoms with van der Waals surface area (Å²) in [7, 11) is 6.96. The molecule has 22 heteroatoms. The van der Waals surface area contributed by atoms with Gasteiger partial charge in [-0.3, -0.25) is 9.13 Å². The topological polar surface area (TPSA) is 221 Å². The third-order valence-corrected chi connectivity index (χ3v) is 3.78. The van der Waals surface area contributed by atoms with E-state index in [4.69, 9.17) is 5.73 Å². The molecule has 44 heavy (non-hydrogen) atoms. The summed E-state index contributed by atoms with van der Waals surface area (Å²) in [6.45, 7) is 12.4. The van der Waals surface area contributed by atoms with Crippen LogP contribution in [0.5, 0.6) is 0 Å². The second kappa shape index (κ2) is 36.9. The Bertz CT molecular complexity index is 1180. The zero-order chi connectivity index (χ0) is 30.2. The van der Waals surface area contributed by atoms with Crippen LogP contribution in [0.4, 0.5) is 4.79 Å². The van der Waals surface area contributed by atoms with Crippen molar-refractivity contribution in [2.45, 2.75) is 54.3 Å². The first-order valence-corrected chi connectivity index (χ1v) is 12.0. The molecule has 8 radical (unpaired) electrons. The largest absolute Gasteiger partial charge is 0.449 e. The number of H-pyrrole nitrogens is 2. The molecular formula is C22H45B2N13O5Y2-2. The molecule has 0 atom stereocenters. The van der Waals surface area contributed by atoms with Gasteiger partial charge in [0.2, 0.25) is 0 Å². The van der Waals surface area contributed by atoms with E-state index in [2.05, 4.69) is 47.8 Å². The number of nitrogens with two attached hydrogens (primary N) is 1. The summed E-state index contributed by atoms with van der Waals surface area (Å²) < 4.78 is 10.1. The molecule has 0 bridgehead atoms. The Balaban J connectivity index is -0.0000000780. The summed E-state index contributed by atoms with van der Waals surface area (Å²) in [5.41, 5.74) is 6.57. The number of carbonyl (C=O) groups is 1. The molecule has 5 N–H and O–H groups in total. The van der Waals surface area contributed by atoms with E-state index >= 15 is 0 Å². The Morgan fingerprint density at radius 2 is 1.36 bits per heavy atom. The van der Waals surface area contributed by atoms with Crippen LogP contribution in [-0.4, -0.2) is 105 Å². The van der Waals surface area contributed by atoms with Gasteiger partial charge in [0, 0.05) is 116 Å². The van der Waals surface area contributed by atoms with Gasteiger partial charge in [-0.25, -0.2) is 30.0 Å². The van der Waals surface area contributed by atoms with Crippen molar-refractivity contribution in [3.63, 3.8) is 0 Å². The number of carbonyl (C=O) groups excluding carboxylic acids is 1. The van der Waals surface area contributed by atoms with E-state index in [1.54, 1.807) is 25.9 Å². The van der Waals surface area contributed by atoms with Crippen molar-refractivity contribution in [2.75, 3.05) is 27.2 Å². The van der Waals surface area contributed by atoms with Crippen LogP contribution in [0, 0.1) is 14.5 Å². The van der Waals surface area contributed by atoms with Crippen LogP contribution < -0.4 is 28.2 Å². The van der Waals surface area contributed by atoms with Crippen molar-refractivity contribution in [1.82, 2.24) is 54.2 Å². The van der Waals surface area contributed by atoms with Crippen molar-refractivity contribution in [3.8, 4) is 0 Å². The molecule has 0 spiro atoms. The second-order valence-corrected chi connectivity index (χ2v) is 7.04. The minimum absolute atomic E-state index is 0. The molecule has 1 amide bonds. The minimum atomic E-state index is -0.536. The first-order chi connectivity index (χ1) is 18.5. The normalized spacial score (nSPS) is 8.36. The Kier molecular flexibility index (Phi) is 48.2. The SMILES string of the molecule is CCN.CCOC(=O)N/N=C/N(C)C.CCn1cn[nH]c1=O.CCn1cn[nH]c1=O.[B].[B].[CH2-]n1ncn(CC)c1=O.[CH3-].[Y].[Y]. The van der Waals surface area contributed by atoms with Gasteiger partial charge in [0.05, 0.1) is 6.61 Å². The maximum absolute atomic E-state index is 10.8. The molecule has 242 valence electrons. The Morgan fingerprint density at radius 3 is 1.57 bits per heavy atom. The molecule has 3 rings (SSSR count). The van der Waals surface area contributed by atoms with Crippen molar-refractivity contribution in [2.24, 2.45) is 10.8 Å². The minimum Gasteiger partial charge on any atom is -0.449 e. The molecule has 3 aromatic rings. The van der Waals surface area contributed by atoms with Gasteiger partial charge >= 0.3 is 17.5 Å². The third kappa shape index (κ3) is 28.5. The smallest absolute Gasteiger partial charge is 0.427 e. The molecule has 0 unspecified atom stereocenters. The summed E-state index contributed by atoms with van der Waals surface area (Å²) >= 11 is 0. The predicted molar refractivity (Wildman–Crippen MR) is 165 cm³/mol. The molecule has 0 saturated carbocycles. The van der Waals surface area contributed by atoms with Gasteiger partial charge in [-0.15, -0.1) is 0 Å². The Labute approximate surface area is 313 Å². The van der Waals surface area contributed by atoms with Crippen LogP contribution in [-0.2, 0) is 89.8 Å². The summed E-state index contributed by atoms with van der Waals surface area (Å²) in [6.07, 6.45) is 5.35. The fourth-order valence-electron chi connectivity index (χ4n) is 1.94.